The molecule has 0 spiro atoms. The second kappa shape index (κ2) is 6.15. The molecule has 0 aromatic heterocycles. The smallest absolute Gasteiger partial charge is 0.104 e. The van der Waals surface area contributed by atoms with E-state index in [1.54, 1.807) is 6.07 Å². The third kappa shape index (κ3) is 3.72. The molecule has 3 N–H and O–H groups in total. The first-order valence-corrected chi connectivity index (χ1v) is 5.71. The van der Waals surface area contributed by atoms with Crippen LogP contribution in [0.25, 0.3) is 0 Å². The number of benzene rings is 1. The van der Waals surface area contributed by atoms with Crippen molar-refractivity contribution < 1.29 is 5.11 Å². The lowest BCUT2D eigenvalue weighted by molar-refractivity contribution is 0.217. The number of hydrogen-bond donors (Lipinski definition) is 2. The lowest BCUT2D eigenvalue weighted by Gasteiger charge is -2.16. The zero-order chi connectivity index (χ0) is 12.1. The van der Waals surface area contributed by atoms with Crippen LogP contribution in [0.15, 0.2) is 18.2 Å². The minimum atomic E-state index is 0.138. The molecule has 0 saturated heterocycles. The van der Waals surface area contributed by atoms with Gasteiger partial charge in [0.2, 0.25) is 0 Å². The van der Waals surface area contributed by atoms with Crippen LogP contribution >= 0.6 is 23.8 Å². The third-order valence-corrected chi connectivity index (χ3v) is 2.85. The monoisotopic (exact) mass is 258 g/mol. The van der Waals surface area contributed by atoms with Gasteiger partial charge in [-0.1, -0.05) is 36.0 Å². The SMILES string of the molecule is CN(CCO)Cc1ccc(C(N)=S)cc1Cl. The van der Waals surface area contributed by atoms with Gasteiger partial charge >= 0.3 is 0 Å². The van der Waals surface area contributed by atoms with E-state index in [4.69, 9.17) is 34.7 Å². The van der Waals surface area contributed by atoms with Crippen LogP contribution in [0.3, 0.4) is 0 Å². The molecule has 0 atom stereocenters. The normalized spacial score (nSPS) is 10.8. The highest BCUT2D eigenvalue weighted by Crippen LogP contribution is 2.19. The van der Waals surface area contributed by atoms with Crippen molar-refractivity contribution in [1.29, 1.82) is 0 Å². The predicted octanol–water partition coefficient (Wildman–Crippen LogP) is 1.40. The number of likely N-dealkylation sites (N-methyl/N-ethyl adjacent to an activating group) is 1. The molecule has 3 nitrogen and oxygen atoms in total. The van der Waals surface area contributed by atoms with E-state index < -0.39 is 0 Å². The van der Waals surface area contributed by atoms with Crippen LogP contribution in [0.4, 0.5) is 0 Å². The predicted molar refractivity (Wildman–Crippen MR) is 70.8 cm³/mol. The summed E-state index contributed by atoms with van der Waals surface area (Å²) in [6, 6.07) is 5.53. The van der Waals surface area contributed by atoms with Crippen molar-refractivity contribution in [1.82, 2.24) is 4.90 Å². The van der Waals surface area contributed by atoms with E-state index in [-0.39, 0.29) is 6.61 Å². The molecule has 5 heteroatoms. The topological polar surface area (TPSA) is 49.5 Å². The highest BCUT2D eigenvalue weighted by molar-refractivity contribution is 7.80. The van der Waals surface area contributed by atoms with Crippen LogP contribution in [-0.4, -0.2) is 35.2 Å². The van der Waals surface area contributed by atoms with Crippen LogP contribution < -0.4 is 5.73 Å². The fraction of sp³-hybridized carbons (Fsp3) is 0.364. The Hall–Kier alpha value is -0.680. The minimum absolute atomic E-state index is 0.138. The number of aliphatic hydroxyl groups excluding tert-OH is 1. The fourth-order valence-electron chi connectivity index (χ4n) is 1.37. The van der Waals surface area contributed by atoms with E-state index in [1.165, 1.54) is 0 Å². The minimum Gasteiger partial charge on any atom is -0.395 e. The molecule has 0 radical (unpaired) electrons. The summed E-state index contributed by atoms with van der Waals surface area (Å²) in [6.45, 7) is 1.45. The lowest BCUT2D eigenvalue weighted by atomic mass is 10.1. The number of aliphatic hydroxyl groups is 1. The second-order valence-electron chi connectivity index (χ2n) is 3.63. The van der Waals surface area contributed by atoms with Gasteiger partial charge in [0, 0.05) is 23.7 Å². The van der Waals surface area contributed by atoms with Gasteiger partial charge in [0.15, 0.2) is 0 Å². The maximum absolute atomic E-state index is 8.79. The molecule has 0 aliphatic heterocycles. The molecule has 1 aromatic carbocycles. The molecule has 16 heavy (non-hydrogen) atoms. The van der Waals surface area contributed by atoms with Gasteiger partial charge in [-0.2, -0.15) is 0 Å². The molecule has 0 fully saturated rings. The van der Waals surface area contributed by atoms with Gasteiger partial charge in [0.05, 0.1) is 6.61 Å². The highest BCUT2D eigenvalue weighted by atomic mass is 35.5. The van der Waals surface area contributed by atoms with Gasteiger partial charge in [-0.25, -0.2) is 0 Å². The molecule has 88 valence electrons. The second-order valence-corrected chi connectivity index (χ2v) is 4.48. The summed E-state index contributed by atoms with van der Waals surface area (Å²) in [5.74, 6) is 0. The summed E-state index contributed by atoms with van der Waals surface area (Å²) < 4.78 is 0. The summed E-state index contributed by atoms with van der Waals surface area (Å²) in [5.41, 5.74) is 7.28. The van der Waals surface area contributed by atoms with E-state index in [1.807, 2.05) is 24.1 Å². The van der Waals surface area contributed by atoms with Crippen LogP contribution in [0.5, 0.6) is 0 Å². The third-order valence-electron chi connectivity index (χ3n) is 2.26. The van der Waals surface area contributed by atoms with Gasteiger partial charge in [-0.05, 0) is 18.7 Å². The van der Waals surface area contributed by atoms with Crippen LogP contribution in [0.2, 0.25) is 5.02 Å². The van der Waals surface area contributed by atoms with Gasteiger partial charge in [0.25, 0.3) is 0 Å². The zero-order valence-electron chi connectivity index (χ0n) is 9.11. The van der Waals surface area contributed by atoms with Crippen molar-refractivity contribution in [3.05, 3.63) is 34.3 Å². The Bertz CT molecular complexity index is 384. The Morgan fingerprint density at radius 2 is 2.25 bits per heavy atom. The molecular weight excluding hydrogens is 244 g/mol. The Labute approximate surface area is 106 Å². The highest BCUT2D eigenvalue weighted by Gasteiger charge is 2.06. The zero-order valence-corrected chi connectivity index (χ0v) is 10.7. The van der Waals surface area contributed by atoms with Crippen molar-refractivity contribution >= 4 is 28.8 Å². The van der Waals surface area contributed by atoms with Crippen LogP contribution in [0.1, 0.15) is 11.1 Å². The Morgan fingerprint density at radius 1 is 1.56 bits per heavy atom. The quantitative estimate of drug-likeness (QED) is 0.784. The van der Waals surface area contributed by atoms with E-state index >= 15 is 0 Å². The standard InChI is InChI=1S/C11H15ClN2OS/c1-14(4-5-15)7-9-3-2-8(11(13)16)6-10(9)12/h2-3,6,15H,4-5,7H2,1H3,(H2,13,16). The van der Waals surface area contributed by atoms with Crippen molar-refractivity contribution in [2.75, 3.05) is 20.2 Å². The molecule has 1 aromatic rings. The van der Waals surface area contributed by atoms with E-state index in [0.29, 0.717) is 23.1 Å². The van der Waals surface area contributed by atoms with Crippen molar-refractivity contribution in [3.63, 3.8) is 0 Å². The molecule has 0 amide bonds. The number of nitrogens with zero attached hydrogens (tertiary/aromatic N) is 1. The van der Waals surface area contributed by atoms with E-state index in [9.17, 15) is 0 Å². The van der Waals surface area contributed by atoms with Crippen LogP contribution in [0, 0.1) is 0 Å². The molecule has 0 aliphatic carbocycles. The first kappa shape index (κ1) is 13.4. The summed E-state index contributed by atoms with van der Waals surface area (Å²) in [4.78, 5) is 2.33. The summed E-state index contributed by atoms with van der Waals surface area (Å²) in [6.07, 6.45) is 0. The average Bonchev–Trinajstić information content (AvgIpc) is 2.21. The van der Waals surface area contributed by atoms with E-state index in [2.05, 4.69) is 0 Å². The van der Waals surface area contributed by atoms with E-state index in [0.717, 1.165) is 11.1 Å². The van der Waals surface area contributed by atoms with Gasteiger partial charge in [-0.15, -0.1) is 0 Å². The van der Waals surface area contributed by atoms with Crippen molar-refractivity contribution in [3.8, 4) is 0 Å². The lowest BCUT2D eigenvalue weighted by Crippen LogP contribution is -2.21. The molecule has 1 rings (SSSR count). The maximum atomic E-state index is 8.79. The Kier molecular flexibility index (Phi) is 5.15. The number of rotatable bonds is 5. The van der Waals surface area contributed by atoms with Crippen molar-refractivity contribution in [2.24, 2.45) is 5.73 Å². The Morgan fingerprint density at radius 3 is 2.75 bits per heavy atom. The number of nitrogens with two attached hydrogens (primary N) is 1. The molecule has 0 aliphatic rings. The largest absolute Gasteiger partial charge is 0.395 e. The van der Waals surface area contributed by atoms with Gasteiger partial charge in [0.1, 0.15) is 4.99 Å². The molecule has 0 saturated carbocycles. The molecule has 0 bridgehead atoms. The van der Waals surface area contributed by atoms with Gasteiger partial charge in [-0.3, -0.25) is 4.90 Å². The summed E-state index contributed by atoms with van der Waals surface area (Å²) in [7, 11) is 1.92. The first-order valence-electron chi connectivity index (χ1n) is 4.92. The fourth-order valence-corrected chi connectivity index (χ4v) is 1.74. The molecular formula is C11H15ClN2OS. The number of halogens is 1. The van der Waals surface area contributed by atoms with Crippen LogP contribution in [-0.2, 0) is 6.54 Å². The maximum Gasteiger partial charge on any atom is 0.104 e. The summed E-state index contributed by atoms with van der Waals surface area (Å²) in [5, 5.41) is 9.44. The summed E-state index contributed by atoms with van der Waals surface area (Å²) >= 11 is 11.0. The number of hydrogen-bond acceptors (Lipinski definition) is 3. The average molecular weight is 259 g/mol. The molecule has 0 unspecified atom stereocenters. The Balaban J connectivity index is 2.79. The number of thiocarbonyl (C=S) groups is 1. The van der Waals surface area contributed by atoms with Crippen molar-refractivity contribution in [2.45, 2.75) is 6.54 Å². The molecule has 0 heterocycles. The first-order chi connectivity index (χ1) is 7.54. The van der Waals surface area contributed by atoms with Gasteiger partial charge < -0.3 is 10.8 Å².